The molecule has 0 N–H and O–H groups in total. The molecule has 0 bridgehead atoms. The maximum absolute atomic E-state index is 11.6. The Hall–Kier alpha value is -2.03. The van der Waals surface area contributed by atoms with Crippen LogP contribution in [-0.4, -0.2) is 5.97 Å². The van der Waals surface area contributed by atoms with Gasteiger partial charge in [-0.2, -0.15) is 0 Å². The van der Waals surface area contributed by atoms with E-state index in [2.05, 4.69) is 0 Å². The molecule has 3 nitrogen and oxygen atoms in total. The van der Waals surface area contributed by atoms with Gasteiger partial charge in [0.2, 0.25) is 0 Å². The van der Waals surface area contributed by atoms with Crippen molar-refractivity contribution in [2.75, 3.05) is 0 Å². The average molecular weight is 230 g/mol. The van der Waals surface area contributed by atoms with E-state index >= 15 is 0 Å². The minimum atomic E-state index is -0.240. The van der Waals surface area contributed by atoms with Gasteiger partial charge >= 0.3 is 5.97 Å². The van der Waals surface area contributed by atoms with E-state index in [1.54, 1.807) is 12.3 Å². The third-order valence-corrected chi connectivity index (χ3v) is 2.47. The summed E-state index contributed by atoms with van der Waals surface area (Å²) in [6.45, 7) is 1.91. The molecule has 0 atom stereocenters. The second kappa shape index (κ2) is 5.34. The van der Waals surface area contributed by atoms with Crippen LogP contribution in [0.25, 0.3) is 0 Å². The minimum Gasteiger partial charge on any atom is -0.469 e. The summed E-state index contributed by atoms with van der Waals surface area (Å²) in [7, 11) is 0. The number of benzene rings is 1. The number of hydrogen-bond acceptors (Lipinski definition) is 3. The highest BCUT2D eigenvalue weighted by Gasteiger charge is 2.07. The van der Waals surface area contributed by atoms with Crippen molar-refractivity contribution in [1.29, 1.82) is 0 Å². The molecular formula is C14H14O3. The van der Waals surface area contributed by atoms with Gasteiger partial charge < -0.3 is 9.15 Å². The highest BCUT2D eigenvalue weighted by Crippen LogP contribution is 2.17. The molecule has 1 aromatic carbocycles. The number of para-hydroxylation sites is 1. The maximum Gasteiger partial charge on any atom is 0.311 e. The largest absolute Gasteiger partial charge is 0.469 e. The van der Waals surface area contributed by atoms with Gasteiger partial charge in [0, 0.05) is 6.42 Å². The molecule has 0 radical (unpaired) electrons. The Bertz CT molecular complexity index is 486. The van der Waals surface area contributed by atoms with Crippen LogP contribution in [0.3, 0.4) is 0 Å². The zero-order valence-electron chi connectivity index (χ0n) is 9.68. The van der Waals surface area contributed by atoms with Crippen LogP contribution in [0, 0.1) is 6.92 Å². The molecule has 0 aliphatic heterocycles. The zero-order valence-corrected chi connectivity index (χ0v) is 9.68. The van der Waals surface area contributed by atoms with Gasteiger partial charge in [0.1, 0.15) is 11.5 Å². The fourth-order valence-corrected chi connectivity index (χ4v) is 1.52. The number of aryl methyl sites for hydroxylation is 2. The Morgan fingerprint density at radius 2 is 2.06 bits per heavy atom. The molecule has 0 aliphatic rings. The molecule has 0 amide bonds. The van der Waals surface area contributed by atoms with Crippen molar-refractivity contribution >= 4 is 5.97 Å². The van der Waals surface area contributed by atoms with Crippen molar-refractivity contribution in [3.05, 3.63) is 54.0 Å². The number of rotatable bonds is 4. The predicted octanol–water partition coefficient (Wildman–Crippen LogP) is 3.13. The molecule has 2 aromatic rings. The van der Waals surface area contributed by atoms with E-state index in [-0.39, 0.29) is 5.97 Å². The molecule has 17 heavy (non-hydrogen) atoms. The smallest absolute Gasteiger partial charge is 0.311 e. The average Bonchev–Trinajstić information content (AvgIpc) is 2.82. The fourth-order valence-electron chi connectivity index (χ4n) is 1.52. The number of hydrogen-bond donors (Lipinski definition) is 0. The number of ether oxygens (including phenoxy) is 1. The van der Waals surface area contributed by atoms with Gasteiger partial charge in [-0.05, 0) is 30.7 Å². The van der Waals surface area contributed by atoms with Crippen LogP contribution in [0.1, 0.15) is 17.7 Å². The Balaban J connectivity index is 1.87. The molecule has 0 saturated carbocycles. The van der Waals surface area contributed by atoms with Gasteiger partial charge in [-0.1, -0.05) is 18.2 Å². The summed E-state index contributed by atoms with van der Waals surface area (Å²) >= 11 is 0. The zero-order chi connectivity index (χ0) is 12.1. The monoisotopic (exact) mass is 230 g/mol. The lowest BCUT2D eigenvalue weighted by Crippen LogP contribution is -2.09. The molecule has 0 unspecified atom stereocenters. The molecule has 88 valence electrons. The highest BCUT2D eigenvalue weighted by atomic mass is 16.5. The van der Waals surface area contributed by atoms with E-state index in [9.17, 15) is 4.79 Å². The summed E-state index contributed by atoms with van der Waals surface area (Å²) in [6, 6.07) is 11.1. The predicted molar refractivity (Wildman–Crippen MR) is 63.8 cm³/mol. The van der Waals surface area contributed by atoms with Gasteiger partial charge in [0.25, 0.3) is 0 Å². The molecular weight excluding hydrogens is 216 g/mol. The summed E-state index contributed by atoms with van der Waals surface area (Å²) in [6.07, 6.45) is 2.49. The van der Waals surface area contributed by atoms with Crippen LogP contribution >= 0.6 is 0 Å². The third kappa shape index (κ3) is 3.21. The van der Waals surface area contributed by atoms with E-state index in [1.165, 1.54) is 0 Å². The molecule has 1 aromatic heterocycles. The van der Waals surface area contributed by atoms with Crippen LogP contribution in [0.15, 0.2) is 47.1 Å². The first-order valence-electron chi connectivity index (χ1n) is 5.54. The molecule has 0 aliphatic carbocycles. The van der Waals surface area contributed by atoms with Crippen molar-refractivity contribution in [3.63, 3.8) is 0 Å². The van der Waals surface area contributed by atoms with E-state index < -0.39 is 0 Å². The summed E-state index contributed by atoms with van der Waals surface area (Å²) in [4.78, 5) is 11.6. The van der Waals surface area contributed by atoms with Crippen molar-refractivity contribution in [1.82, 2.24) is 0 Å². The number of esters is 1. The van der Waals surface area contributed by atoms with Gasteiger partial charge in [0.15, 0.2) is 0 Å². The molecule has 0 fully saturated rings. The van der Waals surface area contributed by atoms with Crippen molar-refractivity contribution in [2.45, 2.75) is 19.8 Å². The number of carbonyl (C=O) groups is 1. The van der Waals surface area contributed by atoms with Crippen molar-refractivity contribution in [3.8, 4) is 5.75 Å². The SMILES string of the molecule is Cc1ccccc1OC(=O)CCc1ccco1. The summed E-state index contributed by atoms with van der Waals surface area (Å²) < 4.78 is 10.4. The standard InChI is InChI=1S/C14H14O3/c1-11-5-2-3-7-13(11)17-14(15)9-8-12-6-4-10-16-12/h2-7,10H,8-9H2,1H3. The van der Waals surface area contributed by atoms with E-state index in [0.717, 1.165) is 11.3 Å². The quantitative estimate of drug-likeness (QED) is 0.598. The lowest BCUT2D eigenvalue weighted by Gasteiger charge is -2.06. The molecule has 2 rings (SSSR count). The number of furan rings is 1. The summed E-state index contributed by atoms with van der Waals surface area (Å²) in [5, 5.41) is 0. The number of carbonyl (C=O) groups excluding carboxylic acids is 1. The highest BCUT2D eigenvalue weighted by molar-refractivity contribution is 5.72. The first kappa shape index (κ1) is 11.5. The van der Waals surface area contributed by atoms with E-state index in [1.807, 2.05) is 37.3 Å². The third-order valence-electron chi connectivity index (χ3n) is 2.47. The Morgan fingerprint density at radius 1 is 1.24 bits per heavy atom. The Morgan fingerprint density at radius 3 is 2.76 bits per heavy atom. The van der Waals surface area contributed by atoms with Gasteiger partial charge in [-0.15, -0.1) is 0 Å². The Kier molecular flexibility index (Phi) is 3.60. The van der Waals surface area contributed by atoms with Crippen LogP contribution < -0.4 is 4.74 Å². The van der Waals surface area contributed by atoms with Gasteiger partial charge in [0.05, 0.1) is 12.7 Å². The molecule has 3 heteroatoms. The Labute approximate surface area is 100 Å². The molecule has 1 heterocycles. The summed E-state index contributed by atoms with van der Waals surface area (Å²) in [5.74, 6) is 1.18. The minimum absolute atomic E-state index is 0.240. The van der Waals surface area contributed by atoms with Crippen LogP contribution in [0.2, 0.25) is 0 Å². The van der Waals surface area contributed by atoms with Gasteiger partial charge in [-0.25, -0.2) is 0 Å². The van der Waals surface area contributed by atoms with Crippen molar-refractivity contribution < 1.29 is 13.9 Å². The second-order valence-electron chi connectivity index (χ2n) is 3.82. The second-order valence-corrected chi connectivity index (χ2v) is 3.82. The lowest BCUT2D eigenvalue weighted by molar-refractivity contribution is -0.134. The van der Waals surface area contributed by atoms with Crippen LogP contribution in [0.4, 0.5) is 0 Å². The van der Waals surface area contributed by atoms with E-state index in [4.69, 9.17) is 9.15 Å². The first-order chi connectivity index (χ1) is 8.25. The molecule has 0 saturated heterocycles. The van der Waals surface area contributed by atoms with E-state index in [0.29, 0.717) is 18.6 Å². The lowest BCUT2D eigenvalue weighted by atomic mass is 10.2. The topological polar surface area (TPSA) is 39.4 Å². The van der Waals surface area contributed by atoms with Gasteiger partial charge in [-0.3, -0.25) is 4.79 Å². The van der Waals surface area contributed by atoms with Crippen molar-refractivity contribution in [2.24, 2.45) is 0 Å². The fraction of sp³-hybridized carbons (Fsp3) is 0.214. The molecule has 0 spiro atoms. The summed E-state index contributed by atoms with van der Waals surface area (Å²) in [5.41, 5.74) is 0.957. The maximum atomic E-state index is 11.6. The van der Waals surface area contributed by atoms with Crippen LogP contribution in [0.5, 0.6) is 5.75 Å². The normalized spacial score (nSPS) is 10.2. The first-order valence-corrected chi connectivity index (χ1v) is 5.54. The van der Waals surface area contributed by atoms with Crippen LogP contribution in [-0.2, 0) is 11.2 Å².